The first-order chi connectivity index (χ1) is 6.69. The lowest BCUT2D eigenvalue weighted by Gasteiger charge is -2.09. The van der Waals surface area contributed by atoms with Crippen LogP contribution in [0.15, 0.2) is 6.33 Å². The maximum Gasteiger partial charge on any atom is 0.330 e. The fourth-order valence-electron chi connectivity index (χ4n) is 0.895. The number of aromatic nitrogens is 3. The average Bonchev–Trinajstić information content (AvgIpc) is 2.61. The Morgan fingerprint density at radius 1 is 1.93 bits per heavy atom. The third-order valence-corrected chi connectivity index (χ3v) is 1.54. The van der Waals surface area contributed by atoms with Gasteiger partial charge in [0.05, 0.1) is 6.61 Å². The topological polar surface area (TPSA) is 101 Å². The summed E-state index contributed by atoms with van der Waals surface area (Å²) in [5.74, 6) is -1.14. The first-order valence-corrected chi connectivity index (χ1v) is 3.72. The Kier molecular flexibility index (Phi) is 3.14. The molecule has 0 aliphatic rings. The fourth-order valence-corrected chi connectivity index (χ4v) is 0.895. The molecule has 14 heavy (non-hydrogen) atoms. The molecule has 0 aliphatic carbocycles. The van der Waals surface area contributed by atoms with E-state index in [1.54, 1.807) is 6.07 Å². The molecule has 0 amide bonds. The van der Waals surface area contributed by atoms with Gasteiger partial charge < -0.3 is 9.84 Å². The van der Waals surface area contributed by atoms with Crippen molar-refractivity contribution in [3.63, 3.8) is 0 Å². The van der Waals surface area contributed by atoms with E-state index in [4.69, 9.17) is 15.1 Å². The molecule has 1 N–H and O–H groups in total. The molecule has 0 saturated heterocycles. The van der Waals surface area contributed by atoms with E-state index in [9.17, 15) is 4.79 Å². The van der Waals surface area contributed by atoms with Crippen molar-refractivity contribution >= 4 is 5.97 Å². The number of aliphatic carboxylic acids is 1. The first-order valence-electron chi connectivity index (χ1n) is 3.72. The molecule has 0 saturated carbocycles. The minimum Gasteiger partial charge on any atom is -0.480 e. The van der Waals surface area contributed by atoms with E-state index in [1.165, 1.54) is 13.4 Å². The van der Waals surface area contributed by atoms with Crippen LogP contribution in [0, 0.1) is 11.3 Å². The number of carbonyl (C=O) groups is 1. The molecule has 1 rings (SSSR count). The third-order valence-electron chi connectivity index (χ3n) is 1.54. The highest BCUT2D eigenvalue weighted by Gasteiger charge is 2.20. The van der Waals surface area contributed by atoms with Crippen molar-refractivity contribution in [2.75, 3.05) is 13.7 Å². The van der Waals surface area contributed by atoms with Gasteiger partial charge in [0, 0.05) is 7.11 Å². The predicted octanol–water partition coefficient (Wildman–Crippen LogP) is -0.578. The number of rotatable bonds is 4. The van der Waals surface area contributed by atoms with E-state index in [2.05, 4.69) is 10.1 Å². The average molecular weight is 196 g/mol. The third kappa shape index (κ3) is 2.05. The molecule has 0 fully saturated rings. The Morgan fingerprint density at radius 3 is 3.07 bits per heavy atom. The van der Waals surface area contributed by atoms with Crippen LogP contribution in [0.5, 0.6) is 0 Å². The van der Waals surface area contributed by atoms with Crippen molar-refractivity contribution in [1.82, 2.24) is 14.8 Å². The quantitative estimate of drug-likeness (QED) is 0.691. The smallest absolute Gasteiger partial charge is 0.330 e. The molecule has 0 radical (unpaired) electrons. The van der Waals surface area contributed by atoms with Crippen LogP contribution in [-0.4, -0.2) is 39.6 Å². The van der Waals surface area contributed by atoms with Crippen molar-refractivity contribution in [2.24, 2.45) is 0 Å². The number of carboxylic acids is 1. The number of hydrogen-bond acceptors (Lipinski definition) is 5. The molecule has 0 spiro atoms. The molecule has 1 aromatic heterocycles. The van der Waals surface area contributed by atoms with Crippen LogP contribution in [0.4, 0.5) is 0 Å². The molecule has 1 atom stereocenters. The van der Waals surface area contributed by atoms with Gasteiger partial charge in [0.25, 0.3) is 5.82 Å². The molecule has 1 aromatic rings. The van der Waals surface area contributed by atoms with Gasteiger partial charge in [-0.3, -0.25) is 0 Å². The van der Waals surface area contributed by atoms with Gasteiger partial charge in [-0.1, -0.05) is 0 Å². The van der Waals surface area contributed by atoms with Gasteiger partial charge in [-0.2, -0.15) is 5.26 Å². The molecule has 1 unspecified atom stereocenters. The minimum atomic E-state index is -1.08. The van der Waals surface area contributed by atoms with Crippen LogP contribution in [0.3, 0.4) is 0 Å². The predicted molar refractivity (Wildman–Crippen MR) is 43.3 cm³/mol. The Balaban J connectivity index is 2.88. The molecule has 0 aliphatic heterocycles. The van der Waals surface area contributed by atoms with E-state index < -0.39 is 12.0 Å². The fraction of sp³-hybridized carbons (Fsp3) is 0.429. The summed E-state index contributed by atoms with van der Waals surface area (Å²) in [6, 6.07) is 0.757. The second kappa shape index (κ2) is 4.34. The van der Waals surface area contributed by atoms with E-state index >= 15 is 0 Å². The molecule has 1 heterocycles. The van der Waals surface area contributed by atoms with Crippen LogP contribution < -0.4 is 0 Å². The van der Waals surface area contributed by atoms with Gasteiger partial charge in [-0.25, -0.2) is 14.5 Å². The van der Waals surface area contributed by atoms with Gasteiger partial charge in [0.15, 0.2) is 6.04 Å². The molecule has 7 heteroatoms. The molecule has 74 valence electrons. The standard InChI is InChI=1S/C7H8N4O3/c1-14-3-5(7(12)13)11-4-9-6(2-8)10-11/h4-5H,3H2,1H3,(H,12,13). The zero-order chi connectivity index (χ0) is 10.6. The summed E-state index contributed by atoms with van der Waals surface area (Å²) in [4.78, 5) is 14.3. The van der Waals surface area contributed by atoms with Crippen LogP contribution in [0.2, 0.25) is 0 Å². The number of hydrogen-bond donors (Lipinski definition) is 1. The van der Waals surface area contributed by atoms with Crippen molar-refractivity contribution < 1.29 is 14.6 Å². The Labute approximate surface area is 79.5 Å². The van der Waals surface area contributed by atoms with Gasteiger partial charge in [0.2, 0.25) is 0 Å². The molecular weight excluding hydrogens is 188 g/mol. The summed E-state index contributed by atoms with van der Waals surface area (Å²) in [5, 5.41) is 20.9. The zero-order valence-electron chi connectivity index (χ0n) is 7.41. The van der Waals surface area contributed by atoms with Crippen LogP contribution in [0.1, 0.15) is 11.9 Å². The maximum atomic E-state index is 10.7. The van der Waals surface area contributed by atoms with Crippen molar-refractivity contribution in [2.45, 2.75) is 6.04 Å². The zero-order valence-corrected chi connectivity index (χ0v) is 7.41. The number of methoxy groups -OCH3 is 1. The molecule has 0 bridgehead atoms. The largest absolute Gasteiger partial charge is 0.480 e. The molecule has 7 nitrogen and oxygen atoms in total. The summed E-state index contributed by atoms with van der Waals surface area (Å²) in [6.45, 7) is -0.0242. The Hall–Kier alpha value is -1.94. The number of carboxylic acid groups (broad SMARTS) is 1. The van der Waals surface area contributed by atoms with Gasteiger partial charge in [-0.15, -0.1) is 5.10 Å². The highest BCUT2D eigenvalue weighted by molar-refractivity contribution is 5.71. The minimum absolute atomic E-state index is 0.0242. The van der Waals surface area contributed by atoms with E-state index in [-0.39, 0.29) is 12.4 Å². The van der Waals surface area contributed by atoms with Crippen LogP contribution in [0.25, 0.3) is 0 Å². The maximum absolute atomic E-state index is 10.7. The van der Waals surface area contributed by atoms with Crippen molar-refractivity contribution in [1.29, 1.82) is 5.26 Å². The number of nitriles is 1. The number of ether oxygens (including phenoxy) is 1. The van der Waals surface area contributed by atoms with Gasteiger partial charge >= 0.3 is 5.97 Å². The normalized spacial score (nSPS) is 12.0. The Morgan fingerprint density at radius 2 is 2.64 bits per heavy atom. The van der Waals surface area contributed by atoms with E-state index in [1.807, 2.05) is 0 Å². The SMILES string of the molecule is COCC(C(=O)O)n1cnc(C#N)n1. The lowest BCUT2D eigenvalue weighted by molar-refractivity contribution is -0.142. The summed E-state index contributed by atoms with van der Waals surface area (Å²) in [6.07, 6.45) is 1.19. The van der Waals surface area contributed by atoms with Crippen molar-refractivity contribution in [3.8, 4) is 6.07 Å². The lowest BCUT2D eigenvalue weighted by Crippen LogP contribution is -2.24. The summed E-state index contributed by atoms with van der Waals surface area (Å²) < 4.78 is 5.80. The molecular formula is C7H8N4O3. The van der Waals surface area contributed by atoms with E-state index in [0.29, 0.717) is 0 Å². The highest BCUT2D eigenvalue weighted by Crippen LogP contribution is 2.04. The van der Waals surface area contributed by atoms with Gasteiger partial charge in [0.1, 0.15) is 12.4 Å². The van der Waals surface area contributed by atoms with Gasteiger partial charge in [-0.05, 0) is 0 Å². The van der Waals surface area contributed by atoms with Crippen LogP contribution >= 0.6 is 0 Å². The Bertz CT molecular complexity index is 367. The first kappa shape index (κ1) is 10.1. The van der Waals surface area contributed by atoms with Crippen LogP contribution in [-0.2, 0) is 9.53 Å². The highest BCUT2D eigenvalue weighted by atomic mass is 16.5. The second-order valence-electron chi connectivity index (χ2n) is 2.47. The monoisotopic (exact) mass is 196 g/mol. The second-order valence-corrected chi connectivity index (χ2v) is 2.47. The number of nitrogens with zero attached hydrogens (tertiary/aromatic N) is 4. The summed E-state index contributed by atoms with van der Waals surface area (Å²) in [5.41, 5.74) is 0. The molecule has 0 aromatic carbocycles. The summed E-state index contributed by atoms with van der Waals surface area (Å²) in [7, 11) is 1.39. The van der Waals surface area contributed by atoms with E-state index in [0.717, 1.165) is 4.68 Å². The lowest BCUT2D eigenvalue weighted by atomic mass is 10.3. The van der Waals surface area contributed by atoms with Crippen molar-refractivity contribution in [3.05, 3.63) is 12.2 Å². The summed E-state index contributed by atoms with van der Waals surface area (Å²) >= 11 is 0.